The van der Waals surface area contributed by atoms with Crippen LogP contribution in [-0.2, 0) is 22.5 Å². The Kier molecular flexibility index (Phi) is 5.94. The highest BCUT2D eigenvalue weighted by Crippen LogP contribution is 2.18. The van der Waals surface area contributed by atoms with Crippen LogP contribution in [-0.4, -0.2) is 33.4 Å². The number of aryl methyl sites for hydroxylation is 1. The molecular formula is C16H28N4O2. The van der Waals surface area contributed by atoms with Gasteiger partial charge >= 0.3 is 0 Å². The predicted octanol–water partition coefficient (Wildman–Crippen LogP) is 2.24. The van der Waals surface area contributed by atoms with Gasteiger partial charge in [0.15, 0.2) is 5.82 Å². The van der Waals surface area contributed by atoms with Crippen molar-refractivity contribution in [2.45, 2.75) is 72.1 Å². The van der Waals surface area contributed by atoms with Gasteiger partial charge in [0.05, 0.1) is 6.04 Å². The Bertz CT molecular complexity index is 498. The number of nitrogens with one attached hydrogen (secondary N) is 1. The van der Waals surface area contributed by atoms with Crippen LogP contribution in [0.25, 0.3) is 0 Å². The molecule has 1 aromatic heterocycles. The highest BCUT2D eigenvalue weighted by molar-refractivity contribution is 5.80. The van der Waals surface area contributed by atoms with E-state index in [0.29, 0.717) is 12.5 Å². The molecule has 1 aliphatic heterocycles. The molecule has 0 saturated carbocycles. The van der Waals surface area contributed by atoms with Gasteiger partial charge in [0, 0.05) is 19.6 Å². The van der Waals surface area contributed by atoms with Gasteiger partial charge < -0.3 is 14.6 Å². The Morgan fingerprint density at radius 2 is 2.00 bits per heavy atom. The van der Waals surface area contributed by atoms with Crippen LogP contribution >= 0.6 is 0 Å². The molecule has 1 aromatic rings. The molecule has 0 fully saturated rings. The molecule has 0 saturated heterocycles. The first-order chi connectivity index (χ1) is 10.5. The van der Waals surface area contributed by atoms with E-state index in [1.165, 1.54) is 12.8 Å². The van der Waals surface area contributed by atoms with Gasteiger partial charge in [0.25, 0.3) is 0 Å². The summed E-state index contributed by atoms with van der Waals surface area (Å²) in [4.78, 5) is 12.2. The van der Waals surface area contributed by atoms with Crippen LogP contribution in [0.1, 0.15) is 64.6 Å². The molecule has 6 nitrogen and oxygen atoms in total. The van der Waals surface area contributed by atoms with Crippen LogP contribution in [0.5, 0.6) is 0 Å². The van der Waals surface area contributed by atoms with Crippen molar-refractivity contribution in [3.63, 3.8) is 0 Å². The summed E-state index contributed by atoms with van der Waals surface area (Å²) in [6.45, 7) is 9.40. The summed E-state index contributed by atoms with van der Waals surface area (Å²) in [6.07, 6.45) is 4.06. The molecule has 0 radical (unpaired) electrons. The zero-order valence-electron chi connectivity index (χ0n) is 14.1. The van der Waals surface area contributed by atoms with Crippen molar-refractivity contribution in [1.82, 2.24) is 20.1 Å². The second-order valence-electron chi connectivity index (χ2n) is 6.54. The average molecular weight is 308 g/mol. The largest absolute Gasteiger partial charge is 0.368 e. The highest BCUT2D eigenvalue weighted by atomic mass is 16.5. The maximum Gasteiger partial charge on any atom is 0.249 e. The number of nitrogens with zero attached hydrogens (tertiary/aromatic N) is 3. The summed E-state index contributed by atoms with van der Waals surface area (Å²) in [5, 5.41) is 11.6. The smallest absolute Gasteiger partial charge is 0.249 e. The lowest BCUT2D eigenvalue weighted by atomic mass is 10.2. The van der Waals surface area contributed by atoms with E-state index < -0.39 is 6.10 Å². The Morgan fingerprint density at radius 3 is 2.73 bits per heavy atom. The summed E-state index contributed by atoms with van der Waals surface area (Å²) in [6, 6.07) is -0.156. The number of hydrogen-bond acceptors (Lipinski definition) is 4. The molecule has 0 spiro atoms. The van der Waals surface area contributed by atoms with E-state index in [4.69, 9.17) is 4.74 Å². The second-order valence-corrected chi connectivity index (χ2v) is 6.54. The molecule has 2 rings (SSSR count). The maximum absolute atomic E-state index is 12.2. The molecule has 1 amide bonds. The summed E-state index contributed by atoms with van der Waals surface area (Å²) < 4.78 is 7.73. The van der Waals surface area contributed by atoms with Crippen molar-refractivity contribution in [3.8, 4) is 0 Å². The molecule has 22 heavy (non-hydrogen) atoms. The highest BCUT2D eigenvalue weighted by Gasteiger charge is 2.22. The Morgan fingerprint density at radius 1 is 1.23 bits per heavy atom. The minimum absolute atomic E-state index is 0.0980. The minimum Gasteiger partial charge on any atom is -0.368 e. The van der Waals surface area contributed by atoms with E-state index in [2.05, 4.69) is 33.9 Å². The van der Waals surface area contributed by atoms with E-state index in [1.807, 2.05) is 6.92 Å². The van der Waals surface area contributed by atoms with Crippen molar-refractivity contribution in [2.24, 2.45) is 5.92 Å². The lowest BCUT2D eigenvalue weighted by molar-refractivity contribution is -0.133. The number of hydrogen-bond donors (Lipinski definition) is 1. The number of ether oxygens (including phenoxy) is 1. The van der Waals surface area contributed by atoms with Crippen LogP contribution in [0.3, 0.4) is 0 Å². The molecule has 0 aliphatic carbocycles. The Balaban J connectivity index is 1.96. The van der Waals surface area contributed by atoms with Crippen LogP contribution in [0.4, 0.5) is 0 Å². The number of carbonyl (C=O) groups is 1. The van der Waals surface area contributed by atoms with Crippen LogP contribution < -0.4 is 5.32 Å². The van der Waals surface area contributed by atoms with Gasteiger partial charge in [0.1, 0.15) is 11.9 Å². The third kappa shape index (κ3) is 4.29. The van der Waals surface area contributed by atoms with Crippen molar-refractivity contribution < 1.29 is 9.53 Å². The van der Waals surface area contributed by atoms with E-state index in [-0.39, 0.29) is 11.9 Å². The van der Waals surface area contributed by atoms with Crippen LogP contribution in [0.2, 0.25) is 0 Å². The quantitative estimate of drug-likeness (QED) is 0.875. The van der Waals surface area contributed by atoms with E-state index in [0.717, 1.165) is 31.0 Å². The topological polar surface area (TPSA) is 69.0 Å². The van der Waals surface area contributed by atoms with Gasteiger partial charge in [-0.1, -0.05) is 20.3 Å². The standard InChI is InChI=1S/C16H28N4O2/c1-11(2)10-22-13(4)16(21)17-12(3)15-19-18-14-8-6-5-7-9-20(14)15/h11-13H,5-10H2,1-4H3,(H,17,21)/t12-,13-/m1/s1. The fourth-order valence-corrected chi connectivity index (χ4v) is 2.64. The number of rotatable bonds is 6. The molecular weight excluding hydrogens is 280 g/mol. The Hall–Kier alpha value is -1.43. The zero-order valence-corrected chi connectivity index (χ0v) is 14.1. The molecule has 0 unspecified atom stereocenters. The molecule has 1 N–H and O–H groups in total. The third-order valence-electron chi connectivity index (χ3n) is 3.93. The van der Waals surface area contributed by atoms with Crippen LogP contribution in [0, 0.1) is 5.92 Å². The number of amides is 1. The maximum atomic E-state index is 12.2. The summed E-state index contributed by atoms with van der Waals surface area (Å²) in [5.41, 5.74) is 0. The molecule has 2 heterocycles. The minimum atomic E-state index is -0.448. The average Bonchev–Trinajstić information content (AvgIpc) is 2.73. The molecule has 0 aromatic carbocycles. The molecule has 124 valence electrons. The fourth-order valence-electron chi connectivity index (χ4n) is 2.64. The number of carbonyl (C=O) groups excluding carboxylic acids is 1. The van der Waals surface area contributed by atoms with Crippen molar-refractivity contribution >= 4 is 5.91 Å². The monoisotopic (exact) mass is 308 g/mol. The van der Waals surface area contributed by atoms with Crippen molar-refractivity contribution in [3.05, 3.63) is 11.6 Å². The summed E-state index contributed by atoms with van der Waals surface area (Å²) in [5.74, 6) is 2.21. The van der Waals surface area contributed by atoms with Gasteiger partial charge in [-0.2, -0.15) is 0 Å². The first kappa shape index (κ1) is 16.9. The number of fused-ring (bicyclic) bond motifs is 1. The molecule has 6 heteroatoms. The SMILES string of the molecule is CC(C)CO[C@H](C)C(=O)N[C@H](C)c1nnc2n1CCCCC2. The van der Waals surface area contributed by atoms with Gasteiger partial charge in [-0.15, -0.1) is 10.2 Å². The molecule has 0 bridgehead atoms. The van der Waals surface area contributed by atoms with Gasteiger partial charge in [0.2, 0.25) is 5.91 Å². The second kappa shape index (κ2) is 7.72. The van der Waals surface area contributed by atoms with Gasteiger partial charge in [-0.25, -0.2) is 0 Å². The van der Waals surface area contributed by atoms with E-state index in [1.54, 1.807) is 6.92 Å². The predicted molar refractivity (Wildman–Crippen MR) is 84.4 cm³/mol. The summed E-state index contributed by atoms with van der Waals surface area (Å²) >= 11 is 0. The Labute approximate surface area is 132 Å². The van der Waals surface area contributed by atoms with Gasteiger partial charge in [-0.3, -0.25) is 4.79 Å². The fraction of sp³-hybridized carbons (Fsp3) is 0.812. The van der Waals surface area contributed by atoms with E-state index in [9.17, 15) is 4.79 Å². The lowest BCUT2D eigenvalue weighted by Crippen LogP contribution is -2.37. The van der Waals surface area contributed by atoms with E-state index >= 15 is 0 Å². The zero-order chi connectivity index (χ0) is 16.1. The van der Waals surface area contributed by atoms with Crippen LogP contribution in [0.15, 0.2) is 0 Å². The van der Waals surface area contributed by atoms with Crippen molar-refractivity contribution in [2.75, 3.05) is 6.61 Å². The number of aromatic nitrogens is 3. The normalized spacial score (nSPS) is 17.7. The summed E-state index contributed by atoms with van der Waals surface area (Å²) in [7, 11) is 0. The molecule has 2 atom stereocenters. The first-order valence-electron chi connectivity index (χ1n) is 8.33. The first-order valence-corrected chi connectivity index (χ1v) is 8.33. The van der Waals surface area contributed by atoms with Gasteiger partial charge in [-0.05, 0) is 32.6 Å². The third-order valence-corrected chi connectivity index (χ3v) is 3.93. The lowest BCUT2D eigenvalue weighted by Gasteiger charge is -2.19. The van der Waals surface area contributed by atoms with Crippen molar-refractivity contribution in [1.29, 1.82) is 0 Å². The molecule has 1 aliphatic rings.